The number of benzene rings is 4. The molecule has 6 N–H and O–H groups in total. The summed E-state index contributed by atoms with van der Waals surface area (Å²) >= 11 is 0. The minimum absolute atomic E-state index is 0.0112. The summed E-state index contributed by atoms with van der Waals surface area (Å²) in [5.41, 5.74) is 9.65. The van der Waals surface area contributed by atoms with Gasteiger partial charge in [-0.3, -0.25) is 9.11 Å². The van der Waals surface area contributed by atoms with E-state index in [1.165, 1.54) is 54.6 Å². The maximum absolute atomic E-state index is 13.2. The third-order valence-corrected chi connectivity index (χ3v) is 9.08. The molecule has 4 aromatic carbocycles. The van der Waals surface area contributed by atoms with Gasteiger partial charge in [0.05, 0.1) is 21.2 Å². The zero-order chi connectivity index (χ0) is 30.0. The van der Waals surface area contributed by atoms with E-state index in [0.717, 1.165) is 12.1 Å². The fraction of sp³-hybridized carbons (Fsp3) is 0. The van der Waals surface area contributed by atoms with Gasteiger partial charge in [-0.15, -0.1) is 20.5 Å². The fourth-order valence-corrected chi connectivity index (χ4v) is 6.20. The van der Waals surface area contributed by atoms with Gasteiger partial charge < -0.3 is 11.5 Å². The van der Waals surface area contributed by atoms with Crippen LogP contribution in [0.5, 0.6) is 0 Å². The van der Waals surface area contributed by atoms with Gasteiger partial charge in [0.1, 0.15) is 32.5 Å². The third-order valence-electron chi connectivity index (χ3n) is 5.47. The van der Waals surface area contributed by atoms with E-state index in [1.54, 1.807) is 18.2 Å². The minimum atomic E-state index is -4.98. The number of nitrogen functional groups attached to an aromatic ring is 2. The second-order valence-corrected chi connectivity index (χ2v) is 12.9. The summed E-state index contributed by atoms with van der Waals surface area (Å²) in [5, 5.41) is 15.3. The molecule has 0 amide bonds. The Bertz CT molecular complexity index is 2030. The van der Waals surface area contributed by atoms with Gasteiger partial charge >= 0.3 is 0 Å². The third kappa shape index (κ3) is 6.28. The molecule has 4 rings (SSSR count). The number of anilines is 2. The summed E-state index contributed by atoms with van der Waals surface area (Å²) in [4.78, 5) is -1.70. The Morgan fingerprint density at radius 3 is 1.56 bits per heavy atom. The first-order valence-corrected chi connectivity index (χ1v) is 15.6. The Labute approximate surface area is 234 Å². The van der Waals surface area contributed by atoms with Crippen molar-refractivity contribution in [3.63, 3.8) is 0 Å². The lowest BCUT2D eigenvalue weighted by Gasteiger charge is -2.11. The van der Waals surface area contributed by atoms with Crippen LogP contribution in [0.2, 0.25) is 0 Å². The van der Waals surface area contributed by atoms with Crippen molar-refractivity contribution in [1.29, 1.82) is 0 Å². The van der Waals surface area contributed by atoms with Gasteiger partial charge in [0.15, 0.2) is 0 Å². The Balaban J connectivity index is 1.87. The quantitative estimate of drug-likeness (QED) is 0.117. The Morgan fingerprint density at radius 2 is 0.976 bits per heavy atom. The molecule has 0 saturated heterocycles. The summed E-state index contributed by atoms with van der Waals surface area (Å²) in [6, 6.07) is 18.9. The predicted octanol–water partition coefficient (Wildman–Crippen LogP) is 5.01. The SMILES string of the molecule is Nc1c(/N=N/c2ccccc2S(=O)(=O)O)cc(S(=O)(=O)O)c(N)c1/N=N/c1ccccc1S(=O)(=O)c1ccccc1. The first-order chi connectivity index (χ1) is 19.2. The van der Waals surface area contributed by atoms with Crippen LogP contribution in [0.3, 0.4) is 0 Å². The van der Waals surface area contributed by atoms with Crippen molar-refractivity contribution in [2.45, 2.75) is 19.6 Å². The number of rotatable bonds is 8. The lowest BCUT2D eigenvalue weighted by Crippen LogP contribution is -2.05. The number of hydrogen-bond acceptors (Lipinski definition) is 12. The molecule has 0 aliphatic rings. The van der Waals surface area contributed by atoms with E-state index in [9.17, 15) is 34.4 Å². The van der Waals surface area contributed by atoms with Crippen LogP contribution in [0.15, 0.2) is 125 Å². The lowest BCUT2D eigenvalue weighted by atomic mass is 10.2. The van der Waals surface area contributed by atoms with E-state index in [-0.39, 0.29) is 21.2 Å². The highest BCUT2D eigenvalue weighted by atomic mass is 32.2. The molecule has 0 bridgehead atoms. The maximum atomic E-state index is 13.2. The number of azo groups is 2. The second-order valence-electron chi connectivity index (χ2n) is 8.17. The van der Waals surface area contributed by atoms with Gasteiger partial charge in [0.25, 0.3) is 20.2 Å². The molecule has 14 nitrogen and oxygen atoms in total. The monoisotopic (exact) mass is 616 g/mol. The molecule has 0 aliphatic heterocycles. The standard InChI is InChI=1S/C24H20N6O8S3/c25-22-18(29-27-17-11-5-7-13-20(17)40(33,34)35)14-21(41(36,37)38)23(26)24(22)30-28-16-10-4-6-12-19(16)39(31,32)15-8-2-1-3-9-15/h1-14H,25-26H2,(H,33,34,35)(H,36,37,38)/b29-27+,30-28+. The molecule has 0 fully saturated rings. The average Bonchev–Trinajstić information content (AvgIpc) is 2.92. The van der Waals surface area contributed by atoms with Crippen molar-refractivity contribution in [3.8, 4) is 0 Å². The summed E-state index contributed by atoms with van der Waals surface area (Å²) < 4.78 is 93.0. The van der Waals surface area contributed by atoms with Crippen LogP contribution in [0, 0.1) is 0 Å². The predicted molar refractivity (Wildman–Crippen MR) is 148 cm³/mol. The Kier molecular flexibility index (Phi) is 8.00. The molecule has 0 aliphatic carbocycles. The molecular weight excluding hydrogens is 596 g/mol. The molecule has 4 aromatic rings. The summed E-state index contributed by atoms with van der Waals surface area (Å²) in [5.74, 6) is 0. The van der Waals surface area contributed by atoms with E-state index in [0.29, 0.717) is 0 Å². The second kappa shape index (κ2) is 11.1. The van der Waals surface area contributed by atoms with Crippen LogP contribution < -0.4 is 11.5 Å². The highest BCUT2D eigenvalue weighted by molar-refractivity contribution is 7.91. The highest BCUT2D eigenvalue weighted by Crippen LogP contribution is 2.43. The summed E-state index contributed by atoms with van der Waals surface area (Å²) in [7, 11) is -13.7. The minimum Gasteiger partial charge on any atom is -0.396 e. The molecule has 212 valence electrons. The Hall–Kier alpha value is -4.55. The molecular formula is C24H20N6O8S3. The van der Waals surface area contributed by atoms with Crippen LogP contribution in [0.25, 0.3) is 0 Å². The van der Waals surface area contributed by atoms with Crippen LogP contribution in [-0.2, 0) is 30.1 Å². The van der Waals surface area contributed by atoms with Gasteiger partial charge in [-0.25, -0.2) is 8.42 Å². The highest BCUT2D eigenvalue weighted by Gasteiger charge is 2.24. The van der Waals surface area contributed by atoms with Gasteiger partial charge in [-0.1, -0.05) is 42.5 Å². The van der Waals surface area contributed by atoms with E-state index >= 15 is 0 Å². The molecule has 0 saturated carbocycles. The van der Waals surface area contributed by atoms with Crippen molar-refractivity contribution in [1.82, 2.24) is 0 Å². The fourth-order valence-electron chi connectivity index (χ4n) is 3.53. The van der Waals surface area contributed by atoms with Gasteiger partial charge in [0, 0.05) is 0 Å². The molecule has 0 radical (unpaired) electrons. The van der Waals surface area contributed by atoms with Crippen LogP contribution in [0.4, 0.5) is 34.1 Å². The molecule has 0 unspecified atom stereocenters. The number of hydrogen-bond donors (Lipinski definition) is 4. The Morgan fingerprint density at radius 1 is 0.512 bits per heavy atom. The van der Waals surface area contributed by atoms with Crippen molar-refractivity contribution < 1.29 is 34.4 Å². The van der Waals surface area contributed by atoms with E-state index in [1.807, 2.05) is 0 Å². The van der Waals surface area contributed by atoms with Crippen LogP contribution >= 0.6 is 0 Å². The summed E-state index contributed by atoms with van der Waals surface area (Å²) in [6.45, 7) is 0. The van der Waals surface area contributed by atoms with Crippen molar-refractivity contribution in [2.24, 2.45) is 20.5 Å². The number of nitrogens with zero attached hydrogens (tertiary/aromatic N) is 4. The van der Waals surface area contributed by atoms with Crippen molar-refractivity contribution >= 4 is 64.2 Å². The number of sulfone groups is 1. The average molecular weight is 617 g/mol. The molecule has 0 heterocycles. The lowest BCUT2D eigenvalue weighted by molar-refractivity contribution is 0.481. The molecule has 41 heavy (non-hydrogen) atoms. The largest absolute Gasteiger partial charge is 0.396 e. The van der Waals surface area contributed by atoms with E-state index in [2.05, 4.69) is 20.5 Å². The van der Waals surface area contributed by atoms with Gasteiger partial charge in [-0.05, 0) is 42.5 Å². The van der Waals surface area contributed by atoms with Crippen LogP contribution in [0.1, 0.15) is 0 Å². The molecule has 0 atom stereocenters. The first-order valence-electron chi connectivity index (χ1n) is 11.2. The molecule has 17 heteroatoms. The normalized spacial score (nSPS) is 12.7. The molecule has 0 aromatic heterocycles. The summed E-state index contributed by atoms with van der Waals surface area (Å²) in [6.07, 6.45) is 0. The van der Waals surface area contributed by atoms with Gasteiger partial charge in [0.2, 0.25) is 9.84 Å². The zero-order valence-electron chi connectivity index (χ0n) is 20.6. The van der Waals surface area contributed by atoms with Gasteiger partial charge in [-0.2, -0.15) is 16.8 Å². The maximum Gasteiger partial charge on any atom is 0.296 e. The van der Waals surface area contributed by atoms with Crippen molar-refractivity contribution in [3.05, 3.63) is 84.9 Å². The topological polar surface area (TPSA) is 244 Å². The van der Waals surface area contributed by atoms with E-state index in [4.69, 9.17) is 11.5 Å². The van der Waals surface area contributed by atoms with E-state index < -0.39 is 62.6 Å². The zero-order valence-corrected chi connectivity index (χ0v) is 23.0. The number of nitrogens with two attached hydrogens (primary N) is 2. The smallest absolute Gasteiger partial charge is 0.296 e. The van der Waals surface area contributed by atoms with Crippen LogP contribution in [-0.4, -0.2) is 34.4 Å². The first kappa shape index (κ1) is 29.4. The van der Waals surface area contributed by atoms with Crippen molar-refractivity contribution in [2.75, 3.05) is 11.5 Å². The molecule has 0 spiro atoms.